The highest BCUT2D eigenvalue weighted by Gasteiger charge is 2.25. The fourth-order valence-corrected chi connectivity index (χ4v) is 3.37. The summed E-state index contributed by atoms with van der Waals surface area (Å²) in [7, 11) is 0. The van der Waals surface area contributed by atoms with Crippen molar-refractivity contribution in [1.82, 2.24) is 19.4 Å². The molecule has 1 aliphatic heterocycles. The molecule has 1 aliphatic rings. The van der Waals surface area contributed by atoms with Crippen molar-refractivity contribution in [2.75, 3.05) is 26.2 Å². The van der Waals surface area contributed by atoms with Gasteiger partial charge in [-0.05, 0) is 12.1 Å². The number of aromatic amines is 1. The second-order valence-electron chi connectivity index (χ2n) is 7.04. The van der Waals surface area contributed by atoms with Crippen molar-refractivity contribution in [3.8, 4) is 0 Å². The molecular formula is C19H24N4O4. The van der Waals surface area contributed by atoms with Crippen LogP contribution in [0.1, 0.15) is 20.3 Å². The van der Waals surface area contributed by atoms with E-state index in [2.05, 4.69) is 4.98 Å². The van der Waals surface area contributed by atoms with Crippen LogP contribution in [0.15, 0.2) is 33.9 Å². The van der Waals surface area contributed by atoms with E-state index in [-0.39, 0.29) is 30.7 Å². The second kappa shape index (κ2) is 7.77. The van der Waals surface area contributed by atoms with Crippen LogP contribution in [0.2, 0.25) is 0 Å². The number of carbonyl (C=O) groups excluding carboxylic acids is 2. The molecule has 2 aromatic rings. The molecule has 1 aromatic heterocycles. The first kappa shape index (κ1) is 18.9. The molecule has 1 saturated heterocycles. The number of aromatic nitrogens is 2. The van der Waals surface area contributed by atoms with E-state index in [0.717, 1.165) is 0 Å². The number of H-pyrrole nitrogens is 1. The van der Waals surface area contributed by atoms with Crippen molar-refractivity contribution < 1.29 is 9.59 Å². The number of nitrogens with zero attached hydrogens (tertiary/aromatic N) is 3. The average molecular weight is 372 g/mol. The van der Waals surface area contributed by atoms with Crippen molar-refractivity contribution in [3.63, 3.8) is 0 Å². The molecule has 0 aliphatic carbocycles. The van der Waals surface area contributed by atoms with Gasteiger partial charge in [-0.1, -0.05) is 26.0 Å². The summed E-state index contributed by atoms with van der Waals surface area (Å²) in [4.78, 5) is 54.4. The number of aryl methyl sites for hydroxylation is 1. The predicted molar refractivity (Wildman–Crippen MR) is 101 cm³/mol. The molecule has 2 heterocycles. The summed E-state index contributed by atoms with van der Waals surface area (Å²) in [5.41, 5.74) is -0.422. The molecule has 1 fully saturated rings. The van der Waals surface area contributed by atoms with E-state index in [4.69, 9.17) is 0 Å². The van der Waals surface area contributed by atoms with Crippen molar-refractivity contribution in [3.05, 3.63) is 45.1 Å². The molecule has 3 rings (SSSR count). The smallest absolute Gasteiger partial charge is 0.328 e. The largest absolute Gasteiger partial charge is 0.339 e. The lowest BCUT2D eigenvalue weighted by Gasteiger charge is -2.35. The van der Waals surface area contributed by atoms with Crippen LogP contribution in [-0.2, 0) is 16.1 Å². The summed E-state index contributed by atoms with van der Waals surface area (Å²) >= 11 is 0. The van der Waals surface area contributed by atoms with E-state index >= 15 is 0 Å². The van der Waals surface area contributed by atoms with Gasteiger partial charge in [-0.25, -0.2) is 4.79 Å². The number of rotatable bonds is 4. The zero-order chi connectivity index (χ0) is 19.6. The first-order valence-electron chi connectivity index (χ1n) is 9.17. The van der Waals surface area contributed by atoms with Crippen molar-refractivity contribution >= 4 is 22.7 Å². The van der Waals surface area contributed by atoms with Gasteiger partial charge >= 0.3 is 5.69 Å². The van der Waals surface area contributed by atoms with Gasteiger partial charge < -0.3 is 9.80 Å². The Balaban J connectivity index is 1.66. The van der Waals surface area contributed by atoms with Crippen LogP contribution in [0.3, 0.4) is 0 Å². The first-order chi connectivity index (χ1) is 12.9. The lowest BCUT2D eigenvalue weighted by molar-refractivity contribution is -0.141. The topological polar surface area (TPSA) is 95.5 Å². The van der Waals surface area contributed by atoms with Gasteiger partial charge in [0, 0.05) is 45.1 Å². The van der Waals surface area contributed by atoms with E-state index < -0.39 is 11.2 Å². The minimum atomic E-state index is -0.515. The quantitative estimate of drug-likeness (QED) is 0.841. The first-order valence-corrected chi connectivity index (χ1v) is 9.17. The standard InChI is InChI=1S/C19H24N4O4/c1-13(2)18(26)22-11-9-21(10-12-22)16(24)7-8-23-15-6-4-3-5-14(15)17(25)20-19(23)27/h3-6,13H,7-12H2,1-2H3,(H,20,25,27). The number of piperazine rings is 1. The number of benzene rings is 1. The number of hydrogen-bond donors (Lipinski definition) is 1. The van der Waals surface area contributed by atoms with Crippen LogP contribution in [0.4, 0.5) is 0 Å². The van der Waals surface area contributed by atoms with Crippen LogP contribution >= 0.6 is 0 Å². The molecule has 2 amide bonds. The van der Waals surface area contributed by atoms with Gasteiger partial charge in [-0.3, -0.25) is 23.9 Å². The van der Waals surface area contributed by atoms with Gasteiger partial charge in [0.25, 0.3) is 5.56 Å². The Labute approximate surface area is 156 Å². The summed E-state index contributed by atoms with van der Waals surface area (Å²) in [6.45, 7) is 5.99. The van der Waals surface area contributed by atoms with Crippen LogP contribution in [0.25, 0.3) is 10.9 Å². The van der Waals surface area contributed by atoms with Gasteiger partial charge in [0.1, 0.15) is 0 Å². The Morgan fingerprint density at radius 2 is 1.67 bits per heavy atom. The molecule has 0 bridgehead atoms. The molecule has 27 heavy (non-hydrogen) atoms. The Morgan fingerprint density at radius 3 is 2.33 bits per heavy atom. The third kappa shape index (κ3) is 3.94. The highest BCUT2D eigenvalue weighted by atomic mass is 16.2. The van der Waals surface area contributed by atoms with E-state index in [0.29, 0.717) is 37.1 Å². The Kier molecular flexibility index (Phi) is 5.43. The normalized spacial score (nSPS) is 14.8. The van der Waals surface area contributed by atoms with E-state index in [1.165, 1.54) is 4.57 Å². The molecule has 1 aromatic carbocycles. The molecule has 0 unspecified atom stereocenters. The molecule has 8 heteroatoms. The summed E-state index contributed by atoms with van der Waals surface area (Å²) in [5, 5.41) is 0.422. The fourth-order valence-electron chi connectivity index (χ4n) is 3.37. The Bertz CT molecular complexity index is 968. The number of para-hydroxylation sites is 1. The number of fused-ring (bicyclic) bond motifs is 1. The summed E-state index contributed by atoms with van der Waals surface area (Å²) in [6.07, 6.45) is 0.161. The molecule has 0 saturated carbocycles. The Hall–Kier alpha value is -2.90. The average Bonchev–Trinajstić information content (AvgIpc) is 2.67. The number of amides is 2. The zero-order valence-corrected chi connectivity index (χ0v) is 15.6. The highest BCUT2D eigenvalue weighted by Crippen LogP contribution is 2.10. The van der Waals surface area contributed by atoms with Gasteiger partial charge in [-0.15, -0.1) is 0 Å². The SMILES string of the molecule is CC(C)C(=O)N1CCN(C(=O)CCn2c(=O)[nH]c(=O)c3ccccc32)CC1. The second-order valence-corrected chi connectivity index (χ2v) is 7.04. The summed E-state index contributed by atoms with van der Waals surface area (Å²) in [6, 6.07) is 6.84. The molecule has 8 nitrogen and oxygen atoms in total. The van der Waals surface area contributed by atoms with Crippen LogP contribution < -0.4 is 11.2 Å². The molecule has 144 valence electrons. The Morgan fingerprint density at radius 1 is 1.04 bits per heavy atom. The molecule has 1 N–H and O–H groups in total. The maximum absolute atomic E-state index is 12.5. The van der Waals surface area contributed by atoms with Crippen LogP contribution in [0, 0.1) is 5.92 Å². The lowest BCUT2D eigenvalue weighted by Crippen LogP contribution is -2.51. The minimum absolute atomic E-state index is 0.0485. The maximum atomic E-state index is 12.5. The van der Waals surface area contributed by atoms with Gasteiger partial charge in [-0.2, -0.15) is 0 Å². The third-order valence-corrected chi connectivity index (χ3v) is 4.89. The van der Waals surface area contributed by atoms with Crippen molar-refractivity contribution in [1.29, 1.82) is 0 Å². The van der Waals surface area contributed by atoms with Gasteiger partial charge in [0.15, 0.2) is 0 Å². The molecule has 0 atom stereocenters. The third-order valence-electron chi connectivity index (χ3n) is 4.89. The maximum Gasteiger partial charge on any atom is 0.328 e. The van der Waals surface area contributed by atoms with E-state index in [1.807, 2.05) is 13.8 Å². The molecular weight excluding hydrogens is 348 g/mol. The number of nitrogens with one attached hydrogen (secondary N) is 1. The monoisotopic (exact) mass is 372 g/mol. The lowest BCUT2D eigenvalue weighted by atomic mass is 10.1. The summed E-state index contributed by atoms with van der Waals surface area (Å²) < 4.78 is 1.42. The number of carbonyl (C=O) groups is 2. The predicted octanol–water partition coefficient (Wildman–Crippen LogP) is 0.407. The highest BCUT2D eigenvalue weighted by molar-refractivity contribution is 5.80. The van der Waals surface area contributed by atoms with Crippen LogP contribution in [-0.4, -0.2) is 57.3 Å². The van der Waals surface area contributed by atoms with Gasteiger partial charge in [0.2, 0.25) is 11.8 Å². The molecule has 0 radical (unpaired) electrons. The van der Waals surface area contributed by atoms with Gasteiger partial charge in [0.05, 0.1) is 10.9 Å². The zero-order valence-electron chi connectivity index (χ0n) is 15.6. The van der Waals surface area contributed by atoms with Crippen LogP contribution in [0.5, 0.6) is 0 Å². The van der Waals surface area contributed by atoms with Crippen molar-refractivity contribution in [2.24, 2.45) is 5.92 Å². The number of hydrogen-bond acceptors (Lipinski definition) is 4. The fraction of sp³-hybridized carbons (Fsp3) is 0.474. The summed E-state index contributed by atoms with van der Waals surface area (Å²) in [5.74, 6) is -0.00479. The van der Waals surface area contributed by atoms with E-state index in [9.17, 15) is 19.2 Å². The minimum Gasteiger partial charge on any atom is -0.339 e. The molecule has 0 spiro atoms. The van der Waals surface area contributed by atoms with E-state index in [1.54, 1.807) is 34.1 Å². The van der Waals surface area contributed by atoms with Crippen molar-refractivity contribution in [2.45, 2.75) is 26.8 Å².